The molecule has 0 saturated carbocycles. The Morgan fingerprint density at radius 2 is 1.95 bits per heavy atom. The number of benzene rings is 1. The molecule has 8 heteroatoms. The first-order valence-corrected chi connectivity index (χ1v) is 7.86. The number of anilines is 1. The molecule has 0 bridgehead atoms. The molecule has 21 heavy (non-hydrogen) atoms. The molecule has 1 aromatic carbocycles. The van der Waals surface area contributed by atoms with Crippen LogP contribution in [0.5, 0.6) is 0 Å². The number of rotatable bonds is 3. The second kappa shape index (κ2) is 5.17. The SMILES string of the molecule is CC1OCCC1(C)Nc1ccccc1S(=O)(=O)C(F)(F)F. The van der Waals surface area contributed by atoms with Crippen LogP contribution in [-0.4, -0.2) is 32.2 Å². The van der Waals surface area contributed by atoms with Gasteiger partial charge in [0.2, 0.25) is 0 Å². The number of ether oxygens (including phenoxy) is 1. The molecule has 1 fully saturated rings. The molecule has 118 valence electrons. The fourth-order valence-corrected chi connectivity index (χ4v) is 3.15. The van der Waals surface area contributed by atoms with Gasteiger partial charge in [-0.15, -0.1) is 0 Å². The van der Waals surface area contributed by atoms with Crippen molar-refractivity contribution < 1.29 is 26.3 Å². The van der Waals surface area contributed by atoms with Crippen molar-refractivity contribution in [1.82, 2.24) is 0 Å². The summed E-state index contributed by atoms with van der Waals surface area (Å²) in [4.78, 5) is -0.766. The Labute approximate surface area is 121 Å². The van der Waals surface area contributed by atoms with E-state index in [4.69, 9.17) is 4.74 Å². The maximum Gasteiger partial charge on any atom is 0.501 e. The van der Waals surface area contributed by atoms with Gasteiger partial charge in [0.1, 0.15) is 0 Å². The van der Waals surface area contributed by atoms with E-state index in [1.165, 1.54) is 18.2 Å². The van der Waals surface area contributed by atoms with Crippen molar-refractivity contribution in [2.45, 2.75) is 42.3 Å². The van der Waals surface area contributed by atoms with Crippen molar-refractivity contribution in [2.75, 3.05) is 11.9 Å². The third-order valence-electron chi connectivity index (χ3n) is 3.79. The quantitative estimate of drug-likeness (QED) is 0.929. The summed E-state index contributed by atoms with van der Waals surface area (Å²) < 4.78 is 66.9. The molecule has 0 aromatic heterocycles. The van der Waals surface area contributed by atoms with Gasteiger partial charge in [0, 0.05) is 6.61 Å². The van der Waals surface area contributed by atoms with Crippen LogP contribution in [-0.2, 0) is 14.6 Å². The number of alkyl halides is 3. The van der Waals surface area contributed by atoms with Gasteiger partial charge in [-0.1, -0.05) is 12.1 Å². The van der Waals surface area contributed by atoms with E-state index < -0.39 is 25.8 Å². The smallest absolute Gasteiger partial charge is 0.376 e. The van der Waals surface area contributed by atoms with Gasteiger partial charge in [-0.3, -0.25) is 0 Å². The number of para-hydroxylation sites is 1. The van der Waals surface area contributed by atoms with Crippen LogP contribution < -0.4 is 5.32 Å². The van der Waals surface area contributed by atoms with E-state index in [2.05, 4.69) is 5.32 Å². The third-order valence-corrected chi connectivity index (χ3v) is 5.33. The van der Waals surface area contributed by atoms with Crippen LogP contribution in [0.4, 0.5) is 18.9 Å². The second-order valence-corrected chi connectivity index (χ2v) is 7.16. The van der Waals surface area contributed by atoms with Crippen molar-refractivity contribution >= 4 is 15.5 Å². The minimum atomic E-state index is -5.40. The number of sulfone groups is 1. The molecular formula is C13H16F3NO3S. The first-order chi connectivity index (χ1) is 9.58. The monoisotopic (exact) mass is 323 g/mol. The van der Waals surface area contributed by atoms with E-state index in [9.17, 15) is 21.6 Å². The molecule has 1 N–H and O–H groups in total. The Kier molecular flexibility index (Phi) is 3.96. The first kappa shape index (κ1) is 16.1. The predicted octanol–water partition coefficient (Wildman–Crippen LogP) is 2.96. The highest BCUT2D eigenvalue weighted by atomic mass is 32.2. The van der Waals surface area contributed by atoms with Gasteiger partial charge < -0.3 is 10.1 Å². The van der Waals surface area contributed by atoms with Gasteiger partial charge in [-0.25, -0.2) is 8.42 Å². The molecule has 1 saturated heterocycles. The predicted molar refractivity (Wildman–Crippen MR) is 71.7 cm³/mol. The molecule has 1 aliphatic rings. The van der Waals surface area contributed by atoms with Crippen molar-refractivity contribution in [3.63, 3.8) is 0 Å². The molecular weight excluding hydrogens is 307 g/mol. The van der Waals surface area contributed by atoms with Crippen molar-refractivity contribution in [3.05, 3.63) is 24.3 Å². The van der Waals surface area contributed by atoms with E-state index in [0.717, 1.165) is 6.07 Å². The molecule has 1 heterocycles. The van der Waals surface area contributed by atoms with Gasteiger partial charge in [0.15, 0.2) is 0 Å². The summed E-state index contributed by atoms with van der Waals surface area (Å²) >= 11 is 0. The van der Waals surface area contributed by atoms with Gasteiger partial charge in [0.05, 0.1) is 22.2 Å². The van der Waals surface area contributed by atoms with E-state index >= 15 is 0 Å². The highest BCUT2D eigenvalue weighted by Gasteiger charge is 2.48. The van der Waals surface area contributed by atoms with Gasteiger partial charge in [-0.05, 0) is 32.4 Å². The van der Waals surface area contributed by atoms with E-state index in [0.29, 0.717) is 13.0 Å². The number of hydrogen-bond donors (Lipinski definition) is 1. The zero-order valence-electron chi connectivity index (χ0n) is 11.6. The molecule has 1 aliphatic heterocycles. The molecule has 0 amide bonds. The fraction of sp³-hybridized carbons (Fsp3) is 0.538. The Morgan fingerprint density at radius 1 is 1.33 bits per heavy atom. The van der Waals surface area contributed by atoms with Gasteiger partial charge in [0.25, 0.3) is 9.84 Å². The van der Waals surface area contributed by atoms with Crippen LogP contribution >= 0.6 is 0 Å². The fourth-order valence-electron chi connectivity index (χ4n) is 2.24. The van der Waals surface area contributed by atoms with Crippen LogP contribution in [0.2, 0.25) is 0 Å². The van der Waals surface area contributed by atoms with Crippen molar-refractivity contribution in [3.8, 4) is 0 Å². The number of hydrogen-bond acceptors (Lipinski definition) is 4. The van der Waals surface area contributed by atoms with Crippen LogP contribution in [0, 0.1) is 0 Å². The summed E-state index contributed by atoms with van der Waals surface area (Å²) in [6.07, 6.45) is 0.341. The van der Waals surface area contributed by atoms with E-state index in [1.54, 1.807) is 13.8 Å². The second-order valence-electron chi connectivity index (χ2n) is 5.25. The summed E-state index contributed by atoms with van der Waals surface area (Å²) in [5.41, 5.74) is -6.00. The van der Waals surface area contributed by atoms with Crippen molar-refractivity contribution in [2.24, 2.45) is 0 Å². The lowest BCUT2D eigenvalue weighted by atomic mass is 9.94. The third kappa shape index (κ3) is 2.87. The molecule has 0 aliphatic carbocycles. The maximum absolute atomic E-state index is 12.7. The normalized spacial score (nSPS) is 26.8. The van der Waals surface area contributed by atoms with Crippen LogP contribution in [0.1, 0.15) is 20.3 Å². The summed E-state index contributed by atoms with van der Waals surface area (Å²) in [5.74, 6) is 0. The minimum Gasteiger partial charge on any atom is -0.376 e. The van der Waals surface area contributed by atoms with Crippen molar-refractivity contribution in [1.29, 1.82) is 0 Å². The lowest BCUT2D eigenvalue weighted by molar-refractivity contribution is -0.0435. The van der Waals surface area contributed by atoms with Gasteiger partial charge in [-0.2, -0.15) is 13.2 Å². The zero-order valence-corrected chi connectivity index (χ0v) is 12.4. The topological polar surface area (TPSA) is 55.4 Å². The lowest BCUT2D eigenvalue weighted by Gasteiger charge is -2.31. The lowest BCUT2D eigenvalue weighted by Crippen LogP contribution is -2.41. The average Bonchev–Trinajstić information content (AvgIpc) is 2.68. The minimum absolute atomic E-state index is 0.0605. The molecule has 2 rings (SSSR count). The Hall–Kier alpha value is -1.28. The summed E-state index contributed by atoms with van der Waals surface area (Å²) in [7, 11) is -5.40. The van der Waals surface area contributed by atoms with Crippen LogP contribution in [0.3, 0.4) is 0 Å². The Morgan fingerprint density at radius 3 is 2.48 bits per heavy atom. The highest BCUT2D eigenvalue weighted by molar-refractivity contribution is 7.92. The van der Waals surface area contributed by atoms with E-state index in [1.807, 2.05) is 0 Å². The zero-order chi connectivity index (χ0) is 15.9. The maximum atomic E-state index is 12.7. The van der Waals surface area contributed by atoms with Crippen LogP contribution in [0.15, 0.2) is 29.2 Å². The van der Waals surface area contributed by atoms with Crippen LogP contribution in [0.25, 0.3) is 0 Å². The molecule has 0 radical (unpaired) electrons. The first-order valence-electron chi connectivity index (χ1n) is 6.38. The molecule has 2 atom stereocenters. The number of halogens is 3. The Balaban J connectivity index is 2.44. The largest absolute Gasteiger partial charge is 0.501 e. The number of nitrogens with one attached hydrogen (secondary N) is 1. The average molecular weight is 323 g/mol. The molecule has 4 nitrogen and oxygen atoms in total. The molecule has 2 unspecified atom stereocenters. The summed E-state index contributed by atoms with van der Waals surface area (Å²) in [6, 6.07) is 5.03. The van der Waals surface area contributed by atoms with E-state index in [-0.39, 0.29) is 11.8 Å². The highest BCUT2D eigenvalue weighted by Crippen LogP contribution is 2.37. The Bertz CT molecular complexity index is 630. The molecule has 1 aromatic rings. The summed E-state index contributed by atoms with van der Waals surface area (Å²) in [5, 5.41) is 2.91. The van der Waals surface area contributed by atoms with Gasteiger partial charge >= 0.3 is 5.51 Å². The molecule has 0 spiro atoms. The standard InChI is InChI=1S/C13H16F3NO3S/c1-9-12(2,7-8-20-9)17-10-5-3-4-6-11(10)21(18,19)13(14,15)16/h3-6,9,17H,7-8H2,1-2H3. The summed E-state index contributed by atoms with van der Waals surface area (Å²) in [6.45, 7) is 4.06.